The maximum atomic E-state index is 10.8. The van der Waals surface area contributed by atoms with Gasteiger partial charge in [-0.3, -0.25) is 4.79 Å². The third-order valence-electron chi connectivity index (χ3n) is 1.50. The number of nitrogens with zero attached hydrogens (tertiary/aromatic N) is 3. The molecule has 0 spiro atoms. The summed E-state index contributed by atoms with van der Waals surface area (Å²) >= 11 is 5.76. The molecule has 2 aliphatic rings. The number of aliphatic imine (C=N–C) groups is 3. The van der Waals surface area contributed by atoms with Gasteiger partial charge in [0.25, 0.3) is 5.91 Å². The molecule has 1 atom stereocenters. The van der Waals surface area contributed by atoms with Crippen molar-refractivity contribution in [1.29, 1.82) is 0 Å². The highest BCUT2D eigenvalue weighted by Crippen LogP contribution is 2.11. The quantitative estimate of drug-likeness (QED) is 0.398. The van der Waals surface area contributed by atoms with Crippen molar-refractivity contribution in [2.24, 2.45) is 15.0 Å². The van der Waals surface area contributed by atoms with Crippen LogP contribution in [-0.4, -0.2) is 29.2 Å². The number of rotatable bonds is 0. The van der Waals surface area contributed by atoms with Crippen molar-refractivity contribution in [1.82, 2.24) is 0 Å². The second kappa shape index (κ2) is 2.64. The van der Waals surface area contributed by atoms with E-state index in [4.69, 9.17) is 11.6 Å². The van der Waals surface area contributed by atoms with Crippen molar-refractivity contribution < 1.29 is 4.79 Å². The standard InChI is InChI=1S/C7H4ClN3O/c8-7-6-4(9-3-10-7)1-2-5(12)11-6/h1-3,7H. The second-order valence-corrected chi connectivity index (χ2v) is 2.70. The van der Waals surface area contributed by atoms with Gasteiger partial charge in [-0.15, -0.1) is 0 Å². The summed E-state index contributed by atoms with van der Waals surface area (Å²) in [5, 5.41) is 0. The Morgan fingerprint density at radius 2 is 2.25 bits per heavy atom. The zero-order chi connectivity index (χ0) is 8.55. The Bertz CT molecular complexity index is 354. The number of carbonyl (C=O) groups excluding carboxylic acids is 1. The van der Waals surface area contributed by atoms with E-state index in [9.17, 15) is 4.79 Å². The van der Waals surface area contributed by atoms with Crippen LogP contribution in [0.15, 0.2) is 27.1 Å². The van der Waals surface area contributed by atoms with Gasteiger partial charge < -0.3 is 0 Å². The van der Waals surface area contributed by atoms with Gasteiger partial charge >= 0.3 is 0 Å². The molecule has 0 N–H and O–H groups in total. The van der Waals surface area contributed by atoms with Crippen molar-refractivity contribution in [3.8, 4) is 0 Å². The average Bonchev–Trinajstić information content (AvgIpc) is 2.07. The van der Waals surface area contributed by atoms with Crippen LogP contribution in [0.25, 0.3) is 0 Å². The van der Waals surface area contributed by atoms with Gasteiger partial charge in [-0.25, -0.2) is 15.0 Å². The molecule has 0 aromatic heterocycles. The first-order chi connectivity index (χ1) is 5.77. The Kier molecular flexibility index (Phi) is 1.62. The predicted molar refractivity (Wildman–Crippen MR) is 47.2 cm³/mol. The van der Waals surface area contributed by atoms with E-state index in [-0.39, 0.29) is 5.91 Å². The fourth-order valence-electron chi connectivity index (χ4n) is 0.958. The van der Waals surface area contributed by atoms with Gasteiger partial charge in [-0.2, -0.15) is 0 Å². The molecular weight excluding hydrogens is 178 g/mol. The summed E-state index contributed by atoms with van der Waals surface area (Å²) in [6.07, 6.45) is 4.31. The van der Waals surface area contributed by atoms with Crippen LogP contribution in [0.1, 0.15) is 0 Å². The number of dihydropyridines is 1. The lowest BCUT2D eigenvalue weighted by atomic mass is 10.1. The van der Waals surface area contributed by atoms with E-state index in [1.807, 2.05) is 0 Å². The molecule has 2 rings (SSSR count). The van der Waals surface area contributed by atoms with Crippen LogP contribution in [-0.2, 0) is 4.79 Å². The number of halogens is 1. The zero-order valence-electron chi connectivity index (χ0n) is 5.94. The van der Waals surface area contributed by atoms with E-state index in [1.165, 1.54) is 12.4 Å². The van der Waals surface area contributed by atoms with Gasteiger partial charge in [-0.05, 0) is 6.08 Å². The van der Waals surface area contributed by atoms with E-state index >= 15 is 0 Å². The number of allylic oxidation sites excluding steroid dienone is 1. The van der Waals surface area contributed by atoms with Crippen molar-refractivity contribution >= 4 is 35.3 Å². The third kappa shape index (κ3) is 1.10. The predicted octanol–water partition coefficient (Wildman–Crippen LogP) is 0.572. The highest BCUT2D eigenvalue weighted by molar-refractivity contribution is 6.59. The molecule has 0 saturated carbocycles. The lowest BCUT2D eigenvalue weighted by Crippen LogP contribution is -2.28. The van der Waals surface area contributed by atoms with Crippen LogP contribution in [0.2, 0.25) is 0 Å². The van der Waals surface area contributed by atoms with Gasteiger partial charge in [0.1, 0.15) is 12.1 Å². The maximum absolute atomic E-state index is 10.8. The lowest BCUT2D eigenvalue weighted by Gasteiger charge is -2.13. The first kappa shape index (κ1) is 7.36. The topological polar surface area (TPSA) is 54.1 Å². The molecule has 2 aliphatic heterocycles. The highest BCUT2D eigenvalue weighted by atomic mass is 35.5. The van der Waals surface area contributed by atoms with E-state index in [1.54, 1.807) is 6.08 Å². The van der Waals surface area contributed by atoms with Crippen LogP contribution in [0.5, 0.6) is 0 Å². The Morgan fingerprint density at radius 1 is 1.42 bits per heavy atom. The Labute approximate surface area is 73.4 Å². The summed E-state index contributed by atoms with van der Waals surface area (Å²) < 4.78 is 0. The first-order valence-electron chi connectivity index (χ1n) is 3.32. The third-order valence-corrected chi connectivity index (χ3v) is 1.82. The molecule has 0 aromatic rings. The van der Waals surface area contributed by atoms with E-state index in [0.717, 1.165) is 0 Å². The number of hydrogen-bond acceptors (Lipinski definition) is 3. The molecule has 5 heteroatoms. The smallest absolute Gasteiger partial charge is 0.267 e. The minimum atomic E-state index is -0.577. The van der Waals surface area contributed by atoms with E-state index in [0.29, 0.717) is 11.4 Å². The summed E-state index contributed by atoms with van der Waals surface area (Å²) in [5.41, 5.74) is 0.475. The zero-order valence-corrected chi connectivity index (χ0v) is 6.69. The molecular formula is C7H4ClN3O. The minimum absolute atomic E-state index is 0.313. The summed E-state index contributed by atoms with van der Waals surface area (Å²) in [4.78, 5) is 22.2. The molecule has 1 amide bonds. The number of alkyl halides is 1. The van der Waals surface area contributed by atoms with Crippen LogP contribution in [0.4, 0.5) is 0 Å². The average molecular weight is 182 g/mol. The summed E-state index contributed by atoms with van der Waals surface area (Å²) in [7, 11) is 0. The second-order valence-electron chi connectivity index (χ2n) is 2.28. The van der Waals surface area contributed by atoms with Crippen molar-refractivity contribution in [3.05, 3.63) is 12.2 Å². The summed E-state index contributed by atoms with van der Waals surface area (Å²) in [6, 6.07) is 0. The van der Waals surface area contributed by atoms with E-state index < -0.39 is 5.50 Å². The highest BCUT2D eigenvalue weighted by Gasteiger charge is 2.22. The van der Waals surface area contributed by atoms with Crippen LogP contribution >= 0.6 is 11.6 Å². The number of fused-ring (bicyclic) bond motifs is 1. The minimum Gasteiger partial charge on any atom is -0.267 e. The fraction of sp³-hybridized carbons (Fsp3) is 0.143. The van der Waals surface area contributed by atoms with Gasteiger partial charge in [0, 0.05) is 6.08 Å². The van der Waals surface area contributed by atoms with Gasteiger partial charge in [0.15, 0.2) is 5.50 Å². The first-order valence-corrected chi connectivity index (χ1v) is 3.75. The number of amides is 1. The Hall–Kier alpha value is -1.29. The molecule has 60 valence electrons. The van der Waals surface area contributed by atoms with Crippen molar-refractivity contribution in [2.75, 3.05) is 0 Å². The molecule has 0 fully saturated rings. The fourth-order valence-corrected chi connectivity index (χ4v) is 1.17. The van der Waals surface area contributed by atoms with Crippen LogP contribution < -0.4 is 0 Å². The molecule has 1 unspecified atom stereocenters. The molecule has 0 aliphatic carbocycles. The Morgan fingerprint density at radius 3 is 3.08 bits per heavy atom. The largest absolute Gasteiger partial charge is 0.270 e. The molecule has 2 heterocycles. The molecule has 0 aromatic carbocycles. The Balaban J connectivity index is 2.46. The van der Waals surface area contributed by atoms with Crippen LogP contribution in [0, 0.1) is 0 Å². The van der Waals surface area contributed by atoms with Crippen molar-refractivity contribution in [3.63, 3.8) is 0 Å². The number of carbonyl (C=O) groups is 1. The van der Waals surface area contributed by atoms with Gasteiger partial charge in [0.2, 0.25) is 0 Å². The normalized spacial score (nSPS) is 26.4. The summed E-state index contributed by atoms with van der Waals surface area (Å²) in [5.74, 6) is -0.313. The van der Waals surface area contributed by atoms with Crippen LogP contribution in [0.3, 0.4) is 0 Å². The molecule has 4 nitrogen and oxygen atoms in total. The molecule has 0 radical (unpaired) electrons. The molecule has 12 heavy (non-hydrogen) atoms. The lowest BCUT2D eigenvalue weighted by molar-refractivity contribution is -0.113. The summed E-state index contributed by atoms with van der Waals surface area (Å²) in [6.45, 7) is 0. The van der Waals surface area contributed by atoms with Gasteiger partial charge in [0.05, 0.1) is 5.71 Å². The van der Waals surface area contributed by atoms with Crippen molar-refractivity contribution in [2.45, 2.75) is 5.50 Å². The number of hydrogen-bond donors (Lipinski definition) is 0. The SMILES string of the molecule is O=C1C=CC2=NC=NC(Cl)C2=N1. The molecule has 0 saturated heterocycles. The monoisotopic (exact) mass is 181 g/mol. The molecule has 0 bridgehead atoms. The maximum Gasteiger partial charge on any atom is 0.270 e. The van der Waals surface area contributed by atoms with E-state index in [2.05, 4.69) is 15.0 Å². The van der Waals surface area contributed by atoms with Gasteiger partial charge in [-0.1, -0.05) is 11.6 Å².